The van der Waals surface area contributed by atoms with Gasteiger partial charge in [-0.05, 0) is 24.5 Å². The minimum Gasteiger partial charge on any atom is -0.354 e. The Bertz CT molecular complexity index is 587. The molecule has 0 aliphatic carbocycles. The first-order valence-electron chi connectivity index (χ1n) is 6.58. The number of aromatic amines is 1. The molecule has 1 heteroatoms. The maximum absolute atomic E-state index is 4.06. The molecule has 2 rings (SSSR count). The van der Waals surface area contributed by atoms with E-state index in [2.05, 4.69) is 61.8 Å². The van der Waals surface area contributed by atoms with E-state index >= 15 is 0 Å². The lowest BCUT2D eigenvalue weighted by atomic mass is 10.0. The molecule has 0 fully saturated rings. The van der Waals surface area contributed by atoms with Crippen molar-refractivity contribution in [2.45, 2.75) is 27.2 Å². The summed E-state index contributed by atoms with van der Waals surface area (Å²) in [6.07, 6.45) is 5.68. The quantitative estimate of drug-likeness (QED) is 0.749. The van der Waals surface area contributed by atoms with Crippen molar-refractivity contribution in [2.24, 2.45) is 5.92 Å². The van der Waals surface area contributed by atoms with Crippen molar-refractivity contribution in [2.75, 3.05) is 0 Å². The first-order chi connectivity index (χ1) is 8.63. The maximum Gasteiger partial charge on any atom is 0.0488 e. The third kappa shape index (κ3) is 2.40. The second-order valence-electron chi connectivity index (χ2n) is 4.98. The fraction of sp³-hybridized carbons (Fsp3) is 0.294. The summed E-state index contributed by atoms with van der Waals surface area (Å²) in [6.45, 7) is 10.6. The number of nitrogens with one attached hydrogen (secondary N) is 1. The molecule has 0 aliphatic rings. The van der Waals surface area contributed by atoms with Gasteiger partial charge in [0.05, 0.1) is 0 Å². The highest BCUT2D eigenvalue weighted by molar-refractivity contribution is 5.94. The molecule has 0 radical (unpaired) electrons. The van der Waals surface area contributed by atoms with Gasteiger partial charge in [0.15, 0.2) is 0 Å². The molecule has 1 unspecified atom stereocenters. The fourth-order valence-corrected chi connectivity index (χ4v) is 2.07. The van der Waals surface area contributed by atoms with Gasteiger partial charge in [0, 0.05) is 22.2 Å². The van der Waals surface area contributed by atoms with Crippen LogP contribution in [0.3, 0.4) is 0 Å². The molecule has 1 heterocycles. The first-order valence-corrected chi connectivity index (χ1v) is 6.58. The number of benzene rings is 1. The molecule has 1 atom stereocenters. The molecule has 1 aromatic carbocycles. The molecular formula is C17H21N. The Morgan fingerprint density at radius 1 is 1.39 bits per heavy atom. The summed E-state index contributed by atoms with van der Waals surface area (Å²) < 4.78 is 0. The molecule has 2 aromatic rings. The van der Waals surface area contributed by atoms with Crippen LogP contribution < -0.4 is 0 Å². The summed E-state index contributed by atoms with van der Waals surface area (Å²) in [5, 5.41) is 1.27. The number of H-pyrrole nitrogens is 1. The number of hydrogen-bond acceptors (Lipinski definition) is 0. The molecule has 0 bridgehead atoms. The van der Waals surface area contributed by atoms with E-state index in [1.54, 1.807) is 0 Å². The monoisotopic (exact) mass is 239 g/mol. The molecule has 0 aliphatic heterocycles. The van der Waals surface area contributed by atoms with E-state index in [0.29, 0.717) is 5.92 Å². The lowest BCUT2D eigenvalue weighted by molar-refractivity contribution is 0.701. The van der Waals surface area contributed by atoms with Crippen LogP contribution in [0, 0.1) is 5.92 Å². The Morgan fingerprint density at radius 2 is 2.11 bits per heavy atom. The van der Waals surface area contributed by atoms with Crippen LogP contribution in [0.25, 0.3) is 22.6 Å². The van der Waals surface area contributed by atoms with Gasteiger partial charge >= 0.3 is 0 Å². The first kappa shape index (κ1) is 12.7. The number of rotatable bonds is 4. The van der Waals surface area contributed by atoms with Crippen LogP contribution >= 0.6 is 0 Å². The van der Waals surface area contributed by atoms with Gasteiger partial charge in [-0.3, -0.25) is 0 Å². The van der Waals surface area contributed by atoms with Crippen LogP contribution in [0.15, 0.2) is 36.9 Å². The normalized spacial score (nSPS) is 13.3. The lowest BCUT2D eigenvalue weighted by Crippen LogP contribution is -1.86. The molecule has 1 N–H and O–H groups in total. The van der Waals surface area contributed by atoms with Crippen molar-refractivity contribution < 1.29 is 0 Å². The van der Waals surface area contributed by atoms with Crippen molar-refractivity contribution in [3.63, 3.8) is 0 Å². The number of allylic oxidation sites excluding steroid dienone is 2. The van der Waals surface area contributed by atoms with Crippen molar-refractivity contribution in [3.8, 4) is 0 Å². The third-order valence-corrected chi connectivity index (χ3v) is 3.41. The molecule has 94 valence electrons. The number of hydrogen-bond donors (Lipinski definition) is 1. The molecule has 1 aromatic heterocycles. The van der Waals surface area contributed by atoms with E-state index in [1.165, 1.54) is 22.9 Å². The van der Waals surface area contributed by atoms with Crippen LogP contribution in [0.2, 0.25) is 0 Å². The van der Waals surface area contributed by atoms with Gasteiger partial charge in [-0.1, -0.05) is 57.2 Å². The van der Waals surface area contributed by atoms with Gasteiger partial charge < -0.3 is 4.98 Å². The molecule has 18 heavy (non-hydrogen) atoms. The van der Waals surface area contributed by atoms with Crippen molar-refractivity contribution >= 4 is 22.6 Å². The van der Waals surface area contributed by atoms with Crippen LogP contribution in [0.5, 0.6) is 0 Å². The van der Waals surface area contributed by atoms with Gasteiger partial charge in [-0.25, -0.2) is 0 Å². The second-order valence-corrected chi connectivity index (χ2v) is 4.98. The van der Waals surface area contributed by atoms with Crippen LogP contribution in [0.4, 0.5) is 0 Å². The predicted octanol–water partition coefficient (Wildman–Crippen LogP) is 5.26. The van der Waals surface area contributed by atoms with E-state index in [4.69, 9.17) is 0 Å². The van der Waals surface area contributed by atoms with Crippen molar-refractivity contribution in [3.05, 3.63) is 48.2 Å². The number of aromatic nitrogens is 1. The minimum absolute atomic E-state index is 0.608. The van der Waals surface area contributed by atoms with Crippen molar-refractivity contribution in [1.29, 1.82) is 0 Å². The largest absolute Gasteiger partial charge is 0.354 e. The zero-order chi connectivity index (χ0) is 13.1. The third-order valence-electron chi connectivity index (χ3n) is 3.41. The Morgan fingerprint density at radius 3 is 2.78 bits per heavy atom. The average molecular weight is 239 g/mol. The molecule has 0 spiro atoms. The number of para-hydroxylation sites is 1. The summed E-state index contributed by atoms with van der Waals surface area (Å²) in [6, 6.07) is 8.42. The van der Waals surface area contributed by atoms with Crippen LogP contribution in [0.1, 0.15) is 38.4 Å². The van der Waals surface area contributed by atoms with E-state index in [1.807, 2.05) is 6.92 Å². The predicted molar refractivity (Wildman–Crippen MR) is 81.5 cm³/mol. The summed E-state index contributed by atoms with van der Waals surface area (Å²) >= 11 is 0. The van der Waals surface area contributed by atoms with Crippen LogP contribution in [-0.4, -0.2) is 4.98 Å². The van der Waals surface area contributed by atoms with Gasteiger partial charge in [0.25, 0.3) is 0 Å². The fourth-order valence-electron chi connectivity index (χ4n) is 2.07. The van der Waals surface area contributed by atoms with E-state index < -0.39 is 0 Å². The lowest BCUT2D eigenvalue weighted by Gasteiger charge is -2.02. The Kier molecular flexibility index (Phi) is 3.71. The van der Waals surface area contributed by atoms with Crippen LogP contribution in [-0.2, 0) is 0 Å². The standard InChI is InChI=1S/C17H21N/c1-5-13(4)10-11-15-14-8-6-7-9-16(14)18-17(15)12(2)3/h6-11,13,18H,2,5H2,1,3-4H3/b11-10-. The van der Waals surface area contributed by atoms with Gasteiger partial charge in [0.2, 0.25) is 0 Å². The minimum atomic E-state index is 0.608. The summed E-state index contributed by atoms with van der Waals surface area (Å²) in [4.78, 5) is 3.45. The molecule has 0 saturated heterocycles. The molecule has 1 nitrogen and oxygen atoms in total. The SMILES string of the molecule is C=C(C)c1[nH]c2ccccc2c1/C=C\C(C)CC. The highest BCUT2D eigenvalue weighted by Crippen LogP contribution is 2.28. The van der Waals surface area contributed by atoms with E-state index in [9.17, 15) is 0 Å². The van der Waals surface area contributed by atoms with E-state index in [-0.39, 0.29) is 0 Å². The summed E-state index contributed by atoms with van der Waals surface area (Å²) in [5.74, 6) is 0.608. The smallest absolute Gasteiger partial charge is 0.0488 e. The van der Waals surface area contributed by atoms with Gasteiger partial charge in [0.1, 0.15) is 0 Å². The Labute approximate surface area is 109 Å². The Balaban J connectivity index is 2.55. The van der Waals surface area contributed by atoms with Crippen molar-refractivity contribution in [1.82, 2.24) is 4.98 Å². The van der Waals surface area contributed by atoms with E-state index in [0.717, 1.165) is 11.3 Å². The number of fused-ring (bicyclic) bond motifs is 1. The van der Waals surface area contributed by atoms with Gasteiger partial charge in [-0.2, -0.15) is 0 Å². The zero-order valence-electron chi connectivity index (χ0n) is 11.5. The highest BCUT2D eigenvalue weighted by Gasteiger charge is 2.09. The maximum atomic E-state index is 4.06. The topological polar surface area (TPSA) is 15.8 Å². The average Bonchev–Trinajstić information content (AvgIpc) is 2.75. The molecule has 0 amide bonds. The zero-order valence-corrected chi connectivity index (χ0v) is 11.5. The second kappa shape index (κ2) is 5.26. The van der Waals surface area contributed by atoms with Gasteiger partial charge in [-0.15, -0.1) is 0 Å². The highest BCUT2D eigenvalue weighted by atomic mass is 14.7. The summed E-state index contributed by atoms with van der Waals surface area (Å²) in [5.41, 5.74) is 4.67. The Hall–Kier alpha value is -1.76. The molecular weight excluding hydrogens is 218 g/mol. The summed E-state index contributed by atoms with van der Waals surface area (Å²) in [7, 11) is 0. The molecule has 0 saturated carbocycles.